The second-order valence-electron chi connectivity index (χ2n) is 3.97. The smallest absolute Gasteiger partial charge is 0.338 e. The van der Waals surface area contributed by atoms with Gasteiger partial charge in [-0.3, -0.25) is 4.79 Å². The molecule has 0 saturated carbocycles. The third-order valence-corrected chi connectivity index (χ3v) is 2.77. The van der Waals surface area contributed by atoms with Crippen LogP contribution in [0, 0.1) is 6.92 Å². The molecule has 0 radical (unpaired) electrons. The highest BCUT2D eigenvalue weighted by Gasteiger charge is 2.15. The minimum atomic E-state index is -0.550. The SMILES string of the molecule is CCC(N)C(=O)Nc1cccc(C(=O)OC)c1C. The van der Waals surface area contributed by atoms with Gasteiger partial charge < -0.3 is 15.8 Å². The van der Waals surface area contributed by atoms with Crippen molar-refractivity contribution in [3.63, 3.8) is 0 Å². The van der Waals surface area contributed by atoms with Crippen LogP contribution in [0.4, 0.5) is 5.69 Å². The Morgan fingerprint density at radius 3 is 2.67 bits per heavy atom. The van der Waals surface area contributed by atoms with E-state index in [9.17, 15) is 9.59 Å². The third-order valence-electron chi connectivity index (χ3n) is 2.77. The number of ether oxygens (including phenoxy) is 1. The van der Waals surface area contributed by atoms with Gasteiger partial charge in [-0.15, -0.1) is 0 Å². The monoisotopic (exact) mass is 250 g/mol. The lowest BCUT2D eigenvalue weighted by Gasteiger charge is -2.13. The van der Waals surface area contributed by atoms with E-state index in [0.717, 1.165) is 0 Å². The summed E-state index contributed by atoms with van der Waals surface area (Å²) in [4.78, 5) is 23.2. The largest absolute Gasteiger partial charge is 0.465 e. The standard InChI is InChI=1S/C13H18N2O3/c1-4-10(14)12(16)15-11-7-5-6-9(8(11)2)13(17)18-3/h5-7,10H,4,14H2,1-3H3,(H,15,16). The molecule has 1 amide bonds. The second-order valence-corrected chi connectivity index (χ2v) is 3.97. The number of anilines is 1. The lowest BCUT2D eigenvalue weighted by molar-refractivity contribution is -0.117. The molecule has 3 N–H and O–H groups in total. The summed E-state index contributed by atoms with van der Waals surface area (Å²) in [6.07, 6.45) is 0.557. The van der Waals surface area contributed by atoms with Crippen LogP contribution in [-0.4, -0.2) is 25.0 Å². The average Bonchev–Trinajstić information content (AvgIpc) is 2.39. The van der Waals surface area contributed by atoms with Crippen LogP contribution in [0.5, 0.6) is 0 Å². The number of rotatable bonds is 4. The molecular weight excluding hydrogens is 232 g/mol. The van der Waals surface area contributed by atoms with E-state index in [1.54, 1.807) is 25.1 Å². The van der Waals surface area contributed by atoms with Crippen molar-refractivity contribution in [3.05, 3.63) is 29.3 Å². The molecule has 0 spiro atoms. The van der Waals surface area contributed by atoms with Crippen molar-refractivity contribution in [2.75, 3.05) is 12.4 Å². The quantitative estimate of drug-likeness (QED) is 0.793. The zero-order chi connectivity index (χ0) is 13.7. The van der Waals surface area contributed by atoms with Gasteiger partial charge in [-0.05, 0) is 31.0 Å². The molecule has 0 aromatic heterocycles. The number of methoxy groups -OCH3 is 1. The molecule has 5 heteroatoms. The molecule has 1 rings (SSSR count). The van der Waals surface area contributed by atoms with E-state index in [1.165, 1.54) is 7.11 Å². The molecule has 0 saturated heterocycles. The van der Waals surface area contributed by atoms with Crippen LogP contribution >= 0.6 is 0 Å². The van der Waals surface area contributed by atoms with Gasteiger partial charge in [0.15, 0.2) is 0 Å². The molecule has 0 heterocycles. The maximum absolute atomic E-state index is 11.7. The van der Waals surface area contributed by atoms with E-state index < -0.39 is 12.0 Å². The molecule has 0 fully saturated rings. The number of nitrogens with two attached hydrogens (primary N) is 1. The number of amides is 1. The molecule has 0 aliphatic heterocycles. The fraction of sp³-hybridized carbons (Fsp3) is 0.385. The predicted octanol–water partition coefficient (Wildman–Crippen LogP) is 1.46. The summed E-state index contributed by atoms with van der Waals surface area (Å²) in [5.74, 6) is -0.689. The summed E-state index contributed by atoms with van der Waals surface area (Å²) >= 11 is 0. The number of carbonyl (C=O) groups excluding carboxylic acids is 2. The summed E-state index contributed by atoms with van der Waals surface area (Å²) in [5, 5.41) is 2.71. The second kappa shape index (κ2) is 6.16. The van der Waals surface area contributed by atoms with Crippen molar-refractivity contribution in [2.24, 2.45) is 5.73 Å². The Morgan fingerprint density at radius 2 is 2.11 bits per heavy atom. The van der Waals surface area contributed by atoms with Gasteiger partial charge in [-0.2, -0.15) is 0 Å². The minimum Gasteiger partial charge on any atom is -0.465 e. The summed E-state index contributed by atoms with van der Waals surface area (Å²) in [6.45, 7) is 3.58. The Morgan fingerprint density at radius 1 is 1.44 bits per heavy atom. The van der Waals surface area contributed by atoms with Crippen LogP contribution < -0.4 is 11.1 Å². The van der Waals surface area contributed by atoms with Crippen LogP contribution in [0.25, 0.3) is 0 Å². The van der Waals surface area contributed by atoms with Crippen LogP contribution in [-0.2, 0) is 9.53 Å². The van der Waals surface area contributed by atoms with Crippen LogP contribution in [0.3, 0.4) is 0 Å². The molecule has 1 unspecified atom stereocenters. The summed E-state index contributed by atoms with van der Waals surface area (Å²) < 4.78 is 4.67. The van der Waals surface area contributed by atoms with E-state index in [4.69, 9.17) is 5.73 Å². The van der Waals surface area contributed by atoms with Gasteiger partial charge in [0.1, 0.15) is 0 Å². The highest BCUT2D eigenvalue weighted by atomic mass is 16.5. The van der Waals surface area contributed by atoms with E-state index in [0.29, 0.717) is 23.2 Å². The number of hydrogen-bond acceptors (Lipinski definition) is 4. The zero-order valence-corrected chi connectivity index (χ0v) is 10.8. The number of benzene rings is 1. The van der Waals surface area contributed by atoms with Gasteiger partial charge >= 0.3 is 5.97 Å². The normalized spacial score (nSPS) is 11.8. The topological polar surface area (TPSA) is 81.4 Å². The molecule has 0 bridgehead atoms. The Labute approximate surface area is 106 Å². The van der Waals surface area contributed by atoms with Crippen LogP contribution in [0.1, 0.15) is 29.3 Å². The maximum Gasteiger partial charge on any atom is 0.338 e. The molecule has 5 nitrogen and oxygen atoms in total. The van der Waals surface area contributed by atoms with Gasteiger partial charge in [0.2, 0.25) is 5.91 Å². The van der Waals surface area contributed by atoms with E-state index >= 15 is 0 Å². The summed E-state index contributed by atoms with van der Waals surface area (Å²) in [7, 11) is 1.32. The first-order chi connectivity index (χ1) is 8.51. The minimum absolute atomic E-state index is 0.261. The number of esters is 1. The molecule has 98 valence electrons. The maximum atomic E-state index is 11.7. The predicted molar refractivity (Wildman–Crippen MR) is 69.4 cm³/mol. The molecule has 18 heavy (non-hydrogen) atoms. The first-order valence-electron chi connectivity index (χ1n) is 5.75. The average molecular weight is 250 g/mol. The Balaban J connectivity index is 2.98. The molecule has 0 aliphatic carbocycles. The summed E-state index contributed by atoms with van der Waals surface area (Å²) in [5.41, 5.74) is 7.31. The van der Waals surface area contributed by atoms with Gasteiger partial charge in [-0.25, -0.2) is 4.79 Å². The van der Waals surface area contributed by atoms with E-state index in [1.807, 2.05) is 6.92 Å². The highest BCUT2D eigenvalue weighted by molar-refractivity contribution is 5.98. The van der Waals surface area contributed by atoms with Crippen molar-refractivity contribution in [1.82, 2.24) is 0 Å². The van der Waals surface area contributed by atoms with Gasteiger partial charge in [0.05, 0.1) is 18.7 Å². The highest BCUT2D eigenvalue weighted by Crippen LogP contribution is 2.19. The first kappa shape index (κ1) is 14.2. The Hall–Kier alpha value is -1.88. The van der Waals surface area contributed by atoms with Gasteiger partial charge in [-0.1, -0.05) is 13.0 Å². The van der Waals surface area contributed by atoms with Crippen molar-refractivity contribution >= 4 is 17.6 Å². The summed E-state index contributed by atoms with van der Waals surface area (Å²) in [6, 6.07) is 4.51. The van der Waals surface area contributed by atoms with E-state index in [2.05, 4.69) is 10.1 Å². The van der Waals surface area contributed by atoms with Crippen molar-refractivity contribution < 1.29 is 14.3 Å². The molecule has 1 aromatic rings. The first-order valence-corrected chi connectivity index (χ1v) is 5.75. The number of nitrogens with one attached hydrogen (secondary N) is 1. The number of hydrogen-bond donors (Lipinski definition) is 2. The van der Waals surface area contributed by atoms with Gasteiger partial charge in [0.25, 0.3) is 0 Å². The van der Waals surface area contributed by atoms with Crippen LogP contribution in [0.15, 0.2) is 18.2 Å². The zero-order valence-electron chi connectivity index (χ0n) is 10.8. The Bertz CT molecular complexity index is 458. The third kappa shape index (κ3) is 3.07. The van der Waals surface area contributed by atoms with Crippen molar-refractivity contribution in [3.8, 4) is 0 Å². The van der Waals surface area contributed by atoms with Crippen LogP contribution in [0.2, 0.25) is 0 Å². The molecule has 1 aromatic carbocycles. The van der Waals surface area contributed by atoms with Crippen molar-refractivity contribution in [1.29, 1.82) is 0 Å². The van der Waals surface area contributed by atoms with Gasteiger partial charge in [0, 0.05) is 5.69 Å². The molecule has 0 aliphatic rings. The van der Waals surface area contributed by atoms with E-state index in [-0.39, 0.29) is 5.91 Å². The number of carbonyl (C=O) groups is 2. The lowest BCUT2D eigenvalue weighted by atomic mass is 10.1. The fourth-order valence-electron chi connectivity index (χ4n) is 1.51. The molecule has 1 atom stereocenters. The Kier molecular flexibility index (Phi) is 4.85. The van der Waals surface area contributed by atoms with Crippen molar-refractivity contribution in [2.45, 2.75) is 26.3 Å². The molecular formula is C13H18N2O3. The lowest BCUT2D eigenvalue weighted by Crippen LogP contribution is -2.35. The fourth-order valence-corrected chi connectivity index (χ4v) is 1.51.